The zero-order valence-electron chi connectivity index (χ0n) is 14.3. The summed E-state index contributed by atoms with van der Waals surface area (Å²) in [5, 5.41) is 13.2. The average molecular weight is 343 g/mol. The maximum Gasteiger partial charge on any atom is 0.339 e. The monoisotopic (exact) mass is 343 g/mol. The molecule has 1 aromatic carbocycles. The summed E-state index contributed by atoms with van der Waals surface area (Å²) in [6.07, 6.45) is 2.16. The van der Waals surface area contributed by atoms with E-state index >= 15 is 0 Å². The van der Waals surface area contributed by atoms with Crippen LogP contribution >= 0.6 is 0 Å². The molecule has 7 heteroatoms. The molecule has 1 atom stereocenters. The molecule has 0 aliphatic carbocycles. The standard InChI is InChI=1S/C18H21N3O4/c1-12-7-9-25-10-8-20(12)17(22)14-3-5-15(6-4-14)21-13(2)16(11-19-21)18(23)24/h3-6,11-12H,7-10H2,1-2H3,(H,23,24). The lowest BCUT2D eigenvalue weighted by Crippen LogP contribution is -2.39. The van der Waals surface area contributed by atoms with E-state index in [1.54, 1.807) is 35.9 Å². The number of carboxylic acids is 1. The van der Waals surface area contributed by atoms with Crippen molar-refractivity contribution in [3.05, 3.63) is 47.3 Å². The number of amides is 1. The molecule has 1 fully saturated rings. The first-order chi connectivity index (χ1) is 12.0. The summed E-state index contributed by atoms with van der Waals surface area (Å²) in [4.78, 5) is 25.7. The van der Waals surface area contributed by atoms with Crippen LogP contribution in [-0.4, -0.2) is 57.5 Å². The van der Waals surface area contributed by atoms with E-state index in [0.717, 1.165) is 6.42 Å². The fourth-order valence-electron chi connectivity index (χ4n) is 2.99. The summed E-state index contributed by atoms with van der Waals surface area (Å²) in [5.41, 5.74) is 2.03. The van der Waals surface area contributed by atoms with Crippen LogP contribution in [-0.2, 0) is 4.74 Å². The smallest absolute Gasteiger partial charge is 0.339 e. The van der Waals surface area contributed by atoms with Crippen LogP contribution in [0.2, 0.25) is 0 Å². The van der Waals surface area contributed by atoms with Gasteiger partial charge in [0.15, 0.2) is 0 Å². The predicted molar refractivity (Wildman–Crippen MR) is 91.2 cm³/mol. The average Bonchev–Trinajstić information content (AvgIpc) is 2.85. The van der Waals surface area contributed by atoms with Gasteiger partial charge in [-0.1, -0.05) is 0 Å². The van der Waals surface area contributed by atoms with Crippen molar-refractivity contribution in [2.45, 2.75) is 26.3 Å². The first-order valence-corrected chi connectivity index (χ1v) is 8.26. The van der Waals surface area contributed by atoms with E-state index < -0.39 is 5.97 Å². The van der Waals surface area contributed by atoms with Crippen LogP contribution in [0.4, 0.5) is 0 Å². The van der Waals surface area contributed by atoms with Crippen molar-refractivity contribution in [3.63, 3.8) is 0 Å². The van der Waals surface area contributed by atoms with Gasteiger partial charge in [0.25, 0.3) is 5.91 Å². The highest BCUT2D eigenvalue weighted by atomic mass is 16.5. The number of aromatic carboxylic acids is 1. The van der Waals surface area contributed by atoms with Crippen molar-refractivity contribution in [2.75, 3.05) is 19.8 Å². The lowest BCUT2D eigenvalue weighted by atomic mass is 10.1. The molecule has 1 amide bonds. The number of hydrogen-bond donors (Lipinski definition) is 1. The summed E-state index contributed by atoms with van der Waals surface area (Å²) >= 11 is 0. The van der Waals surface area contributed by atoms with Crippen LogP contribution in [0, 0.1) is 6.92 Å². The minimum atomic E-state index is -1.01. The molecule has 0 radical (unpaired) electrons. The zero-order valence-corrected chi connectivity index (χ0v) is 14.3. The number of aromatic nitrogens is 2. The second kappa shape index (κ2) is 7.06. The molecule has 132 valence electrons. The molecule has 1 N–H and O–H groups in total. The second-order valence-corrected chi connectivity index (χ2v) is 6.16. The predicted octanol–water partition coefficient (Wildman–Crippen LogP) is 2.13. The van der Waals surface area contributed by atoms with E-state index in [0.29, 0.717) is 36.7 Å². The maximum atomic E-state index is 12.7. The van der Waals surface area contributed by atoms with Crippen molar-refractivity contribution >= 4 is 11.9 Å². The van der Waals surface area contributed by atoms with E-state index in [4.69, 9.17) is 9.84 Å². The van der Waals surface area contributed by atoms with Gasteiger partial charge in [0, 0.05) is 24.8 Å². The molecule has 0 saturated carbocycles. The third-order valence-corrected chi connectivity index (χ3v) is 4.55. The lowest BCUT2D eigenvalue weighted by molar-refractivity contribution is 0.0682. The molecule has 0 spiro atoms. The Morgan fingerprint density at radius 3 is 2.60 bits per heavy atom. The Hall–Kier alpha value is -2.67. The third kappa shape index (κ3) is 3.41. The molecule has 3 rings (SSSR count). The van der Waals surface area contributed by atoms with Gasteiger partial charge in [-0.3, -0.25) is 4.79 Å². The zero-order chi connectivity index (χ0) is 18.0. The molecule has 1 aliphatic rings. The minimum absolute atomic E-state index is 0.0204. The highest BCUT2D eigenvalue weighted by molar-refractivity contribution is 5.94. The van der Waals surface area contributed by atoms with Crippen molar-refractivity contribution in [1.29, 1.82) is 0 Å². The molecule has 0 bridgehead atoms. The molecule has 2 heterocycles. The van der Waals surface area contributed by atoms with Gasteiger partial charge in [-0.25, -0.2) is 9.48 Å². The van der Waals surface area contributed by atoms with E-state index in [2.05, 4.69) is 5.10 Å². The van der Waals surface area contributed by atoms with E-state index in [1.165, 1.54) is 6.20 Å². The summed E-state index contributed by atoms with van der Waals surface area (Å²) in [7, 11) is 0. The van der Waals surface area contributed by atoms with Crippen LogP contribution in [0.15, 0.2) is 30.5 Å². The lowest BCUT2D eigenvalue weighted by Gasteiger charge is -2.26. The van der Waals surface area contributed by atoms with Gasteiger partial charge in [-0.2, -0.15) is 5.10 Å². The highest BCUT2D eigenvalue weighted by Gasteiger charge is 2.23. The van der Waals surface area contributed by atoms with Gasteiger partial charge in [-0.05, 0) is 44.5 Å². The fraction of sp³-hybridized carbons (Fsp3) is 0.389. The van der Waals surface area contributed by atoms with Crippen molar-refractivity contribution < 1.29 is 19.4 Å². The van der Waals surface area contributed by atoms with E-state index in [9.17, 15) is 9.59 Å². The van der Waals surface area contributed by atoms with Gasteiger partial charge in [0.2, 0.25) is 0 Å². The number of carbonyl (C=O) groups is 2. The Kier molecular flexibility index (Phi) is 4.85. The molecule has 7 nitrogen and oxygen atoms in total. The van der Waals surface area contributed by atoms with Crippen LogP contribution in [0.3, 0.4) is 0 Å². The van der Waals surface area contributed by atoms with E-state index in [-0.39, 0.29) is 17.5 Å². The summed E-state index contributed by atoms with van der Waals surface area (Å²) in [6, 6.07) is 7.19. The van der Waals surface area contributed by atoms with Crippen LogP contribution in [0.5, 0.6) is 0 Å². The molecule has 1 aliphatic heterocycles. The molecule has 2 aromatic rings. The van der Waals surface area contributed by atoms with Gasteiger partial charge >= 0.3 is 5.97 Å². The second-order valence-electron chi connectivity index (χ2n) is 6.16. The SMILES string of the molecule is Cc1c(C(=O)O)cnn1-c1ccc(C(=O)N2CCOCCC2C)cc1. The van der Waals surface area contributed by atoms with Gasteiger partial charge in [-0.15, -0.1) is 0 Å². The Morgan fingerprint density at radius 2 is 1.96 bits per heavy atom. The minimum Gasteiger partial charge on any atom is -0.478 e. The molecular weight excluding hydrogens is 322 g/mol. The van der Waals surface area contributed by atoms with Gasteiger partial charge in [0.05, 0.1) is 24.2 Å². The van der Waals surface area contributed by atoms with Crippen molar-refractivity contribution in [2.24, 2.45) is 0 Å². The molecular formula is C18H21N3O4. The quantitative estimate of drug-likeness (QED) is 0.923. The molecule has 1 unspecified atom stereocenters. The van der Waals surface area contributed by atoms with Crippen LogP contribution in [0.25, 0.3) is 5.69 Å². The number of carbonyl (C=O) groups excluding carboxylic acids is 1. The van der Waals surface area contributed by atoms with Crippen LogP contribution < -0.4 is 0 Å². The first kappa shape index (κ1) is 17.2. The van der Waals surface area contributed by atoms with Gasteiger partial charge < -0.3 is 14.7 Å². The van der Waals surface area contributed by atoms with Crippen LogP contribution in [0.1, 0.15) is 39.8 Å². The molecule has 25 heavy (non-hydrogen) atoms. The normalized spacial score (nSPS) is 18.0. The summed E-state index contributed by atoms with van der Waals surface area (Å²) < 4.78 is 7.00. The Bertz CT molecular complexity index is 782. The first-order valence-electron chi connectivity index (χ1n) is 8.26. The Labute approximate surface area is 145 Å². The fourth-order valence-corrected chi connectivity index (χ4v) is 2.99. The number of hydrogen-bond acceptors (Lipinski definition) is 4. The number of ether oxygens (including phenoxy) is 1. The molecule has 1 aromatic heterocycles. The largest absolute Gasteiger partial charge is 0.478 e. The molecule has 1 saturated heterocycles. The summed E-state index contributed by atoms with van der Waals surface area (Å²) in [6.45, 7) is 5.55. The topological polar surface area (TPSA) is 84.7 Å². The number of nitrogens with zero attached hydrogens (tertiary/aromatic N) is 3. The summed E-state index contributed by atoms with van der Waals surface area (Å²) in [5.74, 6) is -1.03. The maximum absolute atomic E-state index is 12.7. The van der Waals surface area contributed by atoms with E-state index in [1.807, 2.05) is 11.8 Å². The number of rotatable bonds is 3. The Balaban J connectivity index is 1.82. The number of carboxylic acid groups (broad SMARTS) is 1. The number of benzene rings is 1. The van der Waals surface area contributed by atoms with Crippen molar-refractivity contribution in [3.8, 4) is 5.69 Å². The van der Waals surface area contributed by atoms with Crippen molar-refractivity contribution in [1.82, 2.24) is 14.7 Å². The highest BCUT2D eigenvalue weighted by Crippen LogP contribution is 2.18. The van der Waals surface area contributed by atoms with Gasteiger partial charge in [0.1, 0.15) is 5.56 Å². The third-order valence-electron chi connectivity index (χ3n) is 4.55. The Morgan fingerprint density at radius 1 is 1.24 bits per heavy atom.